The van der Waals surface area contributed by atoms with Gasteiger partial charge < -0.3 is 10.6 Å². The lowest BCUT2D eigenvalue weighted by Crippen LogP contribution is -2.41. The predicted octanol–water partition coefficient (Wildman–Crippen LogP) is 3.11. The summed E-state index contributed by atoms with van der Waals surface area (Å²) in [4.78, 5) is 12.3. The van der Waals surface area contributed by atoms with Crippen LogP contribution in [-0.2, 0) is 4.79 Å². The molecule has 1 fully saturated rings. The van der Waals surface area contributed by atoms with Crippen LogP contribution < -0.4 is 10.6 Å². The Morgan fingerprint density at radius 1 is 1.32 bits per heavy atom. The minimum Gasteiger partial charge on any atom is -0.350 e. The Hall–Kier alpha value is -1.52. The Morgan fingerprint density at radius 3 is 2.95 bits per heavy atom. The highest BCUT2D eigenvalue weighted by Gasteiger charge is 2.18. The van der Waals surface area contributed by atoms with Crippen molar-refractivity contribution in [2.45, 2.75) is 25.4 Å². The maximum Gasteiger partial charge on any atom is 0.222 e. The van der Waals surface area contributed by atoms with Crippen LogP contribution >= 0.6 is 11.8 Å². The summed E-state index contributed by atoms with van der Waals surface area (Å²) in [7, 11) is 0. The van der Waals surface area contributed by atoms with Crippen molar-refractivity contribution in [3.63, 3.8) is 0 Å². The summed E-state index contributed by atoms with van der Waals surface area (Å²) < 4.78 is 0. The number of benzene rings is 2. The lowest BCUT2D eigenvalue weighted by atomic mass is 9.99. The van der Waals surface area contributed by atoms with Crippen molar-refractivity contribution in [1.82, 2.24) is 10.6 Å². The van der Waals surface area contributed by atoms with Crippen molar-refractivity contribution in [2.24, 2.45) is 0 Å². The Labute approximate surface area is 135 Å². The van der Waals surface area contributed by atoms with Gasteiger partial charge in [-0.1, -0.05) is 42.5 Å². The van der Waals surface area contributed by atoms with Crippen LogP contribution in [0.5, 0.6) is 0 Å². The summed E-state index contributed by atoms with van der Waals surface area (Å²) in [5.41, 5.74) is 1.18. The Bertz CT molecular complexity index is 647. The van der Waals surface area contributed by atoms with Gasteiger partial charge in [0.05, 0.1) is 6.04 Å². The molecule has 2 aromatic rings. The molecule has 0 aliphatic carbocycles. The van der Waals surface area contributed by atoms with Gasteiger partial charge in [0.15, 0.2) is 0 Å². The smallest absolute Gasteiger partial charge is 0.222 e. The van der Waals surface area contributed by atoms with Crippen molar-refractivity contribution in [3.05, 3.63) is 48.0 Å². The lowest BCUT2D eigenvalue weighted by Gasteiger charge is -2.24. The quantitative estimate of drug-likeness (QED) is 0.911. The van der Waals surface area contributed by atoms with Crippen LogP contribution in [0.25, 0.3) is 10.8 Å². The standard InChI is InChI=1S/C18H22N2OS/c1-13(20-18(21)11-15-12-22-10-9-19-15)16-8-4-6-14-5-2-3-7-17(14)16/h2-8,13,15,19H,9-12H2,1H3,(H,20,21). The van der Waals surface area contributed by atoms with E-state index in [0.29, 0.717) is 12.5 Å². The van der Waals surface area contributed by atoms with Gasteiger partial charge in [-0.05, 0) is 23.3 Å². The first-order valence-corrected chi connectivity index (χ1v) is 8.97. The van der Waals surface area contributed by atoms with Crippen LogP contribution in [-0.4, -0.2) is 30.0 Å². The first kappa shape index (κ1) is 15.4. The molecule has 2 atom stereocenters. The molecule has 2 unspecified atom stereocenters. The Kier molecular flexibility index (Phi) is 5.01. The molecule has 22 heavy (non-hydrogen) atoms. The molecule has 1 aliphatic heterocycles. The molecule has 0 saturated carbocycles. The van der Waals surface area contributed by atoms with Crippen molar-refractivity contribution in [2.75, 3.05) is 18.1 Å². The summed E-state index contributed by atoms with van der Waals surface area (Å²) in [6.07, 6.45) is 0.558. The van der Waals surface area contributed by atoms with E-state index in [1.807, 2.05) is 23.9 Å². The van der Waals surface area contributed by atoms with Crippen molar-refractivity contribution >= 4 is 28.4 Å². The van der Waals surface area contributed by atoms with Crippen molar-refractivity contribution in [3.8, 4) is 0 Å². The van der Waals surface area contributed by atoms with E-state index in [1.165, 1.54) is 16.3 Å². The highest BCUT2D eigenvalue weighted by molar-refractivity contribution is 7.99. The second kappa shape index (κ2) is 7.16. The van der Waals surface area contributed by atoms with Gasteiger partial charge in [-0.2, -0.15) is 11.8 Å². The third-order valence-electron chi connectivity index (χ3n) is 4.10. The van der Waals surface area contributed by atoms with Crippen LogP contribution in [0.15, 0.2) is 42.5 Å². The molecule has 116 valence electrons. The summed E-state index contributed by atoms with van der Waals surface area (Å²) in [6, 6.07) is 14.9. The number of rotatable bonds is 4. The topological polar surface area (TPSA) is 41.1 Å². The SMILES string of the molecule is CC(NC(=O)CC1CSCCN1)c1cccc2ccccc12. The second-order valence-corrected chi connectivity index (χ2v) is 6.94. The van der Waals surface area contributed by atoms with Gasteiger partial charge in [-0.25, -0.2) is 0 Å². The van der Waals surface area contributed by atoms with Crippen LogP contribution in [0.2, 0.25) is 0 Å². The van der Waals surface area contributed by atoms with Gasteiger partial charge in [0.25, 0.3) is 0 Å². The third kappa shape index (κ3) is 3.62. The summed E-state index contributed by atoms with van der Waals surface area (Å²) >= 11 is 1.92. The molecule has 2 aromatic carbocycles. The first-order valence-electron chi connectivity index (χ1n) is 7.82. The van der Waals surface area contributed by atoms with Crippen LogP contribution in [0.4, 0.5) is 0 Å². The molecule has 0 radical (unpaired) electrons. The third-order valence-corrected chi connectivity index (χ3v) is 5.23. The largest absolute Gasteiger partial charge is 0.350 e. The molecule has 1 saturated heterocycles. The van der Waals surface area contributed by atoms with Gasteiger partial charge >= 0.3 is 0 Å². The monoisotopic (exact) mass is 314 g/mol. The Balaban J connectivity index is 1.67. The molecule has 1 heterocycles. The molecule has 1 aliphatic rings. The highest BCUT2D eigenvalue weighted by Crippen LogP contribution is 2.24. The van der Waals surface area contributed by atoms with Crippen LogP contribution in [0.1, 0.15) is 24.9 Å². The number of thioether (sulfide) groups is 1. The number of hydrogen-bond donors (Lipinski definition) is 2. The second-order valence-electron chi connectivity index (χ2n) is 5.79. The predicted molar refractivity (Wildman–Crippen MR) is 94.2 cm³/mol. The zero-order chi connectivity index (χ0) is 15.4. The fraction of sp³-hybridized carbons (Fsp3) is 0.389. The van der Waals surface area contributed by atoms with E-state index in [9.17, 15) is 4.79 Å². The van der Waals surface area contributed by atoms with E-state index in [-0.39, 0.29) is 11.9 Å². The minimum absolute atomic E-state index is 0.0230. The van der Waals surface area contributed by atoms with Gasteiger partial charge in [0.2, 0.25) is 5.91 Å². The van der Waals surface area contributed by atoms with Crippen molar-refractivity contribution in [1.29, 1.82) is 0 Å². The molecule has 1 amide bonds. The van der Waals surface area contributed by atoms with E-state index in [4.69, 9.17) is 0 Å². The minimum atomic E-state index is 0.0230. The maximum absolute atomic E-state index is 12.3. The number of nitrogens with one attached hydrogen (secondary N) is 2. The lowest BCUT2D eigenvalue weighted by molar-refractivity contribution is -0.122. The number of carbonyl (C=O) groups is 1. The zero-order valence-corrected chi connectivity index (χ0v) is 13.7. The van der Waals surface area contributed by atoms with E-state index in [0.717, 1.165) is 18.1 Å². The maximum atomic E-state index is 12.3. The molecule has 0 aromatic heterocycles. The van der Waals surface area contributed by atoms with Gasteiger partial charge in [0, 0.05) is 30.5 Å². The molecule has 0 bridgehead atoms. The fourth-order valence-electron chi connectivity index (χ4n) is 2.98. The molecular weight excluding hydrogens is 292 g/mol. The molecule has 3 rings (SSSR count). The fourth-order valence-corrected chi connectivity index (χ4v) is 3.93. The van der Waals surface area contributed by atoms with Gasteiger partial charge in [-0.15, -0.1) is 0 Å². The molecule has 3 nitrogen and oxygen atoms in total. The Morgan fingerprint density at radius 2 is 2.14 bits per heavy atom. The van der Waals surface area contributed by atoms with Gasteiger partial charge in [0.1, 0.15) is 0 Å². The number of amides is 1. The van der Waals surface area contributed by atoms with Crippen LogP contribution in [0, 0.1) is 0 Å². The van der Waals surface area contributed by atoms with Crippen LogP contribution in [0.3, 0.4) is 0 Å². The number of fused-ring (bicyclic) bond motifs is 1. The average Bonchev–Trinajstić information content (AvgIpc) is 2.55. The molecular formula is C18H22N2OS. The first-order chi connectivity index (χ1) is 10.7. The summed E-state index contributed by atoms with van der Waals surface area (Å²) in [5.74, 6) is 2.29. The van der Waals surface area contributed by atoms with Crippen molar-refractivity contribution < 1.29 is 4.79 Å². The highest BCUT2D eigenvalue weighted by atomic mass is 32.2. The number of hydrogen-bond acceptors (Lipinski definition) is 3. The van der Waals surface area contributed by atoms with E-state index < -0.39 is 0 Å². The average molecular weight is 314 g/mol. The number of carbonyl (C=O) groups excluding carboxylic acids is 1. The summed E-state index contributed by atoms with van der Waals surface area (Å²) in [5, 5.41) is 8.98. The van der Waals surface area contributed by atoms with E-state index >= 15 is 0 Å². The molecule has 2 N–H and O–H groups in total. The van der Waals surface area contributed by atoms with Gasteiger partial charge in [-0.3, -0.25) is 4.79 Å². The van der Waals surface area contributed by atoms with E-state index in [2.05, 4.69) is 47.9 Å². The van der Waals surface area contributed by atoms with E-state index in [1.54, 1.807) is 0 Å². The molecule has 0 spiro atoms. The normalized spacial score (nSPS) is 19.8. The summed E-state index contributed by atoms with van der Waals surface area (Å²) in [6.45, 7) is 3.06. The molecule has 4 heteroatoms. The zero-order valence-electron chi connectivity index (χ0n) is 12.8.